The minimum absolute atomic E-state index is 0.0127. The molecule has 122 valence electrons. The van der Waals surface area contributed by atoms with Crippen LogP contribution in [0.25, 0.3) is 0 Å². The van der Waals surface area contributed by atoms with Gasteiger partial charge in [-0.05, 0) is 25.5 Å². The lowest BCUT2D eigenvalue weighted by Crippen LogP contribution is -2.10. The van der Waals surface area contributed by atoms with Crippen molar-refractivity contribution < 1.29 is 14.1 Å². The summed E-state index contributed by atoms with van der Waals surface area (Å²) in [5.41, 5.74) is 0.350. The first-order valence-electron chi connectivity index (χ1n) is 6.62. The fourth-order valence-electron chi connectivity index (χ4n) is 1.82. The second-order valence-corrected chi connectivity index (χ2v) is 4.81. The summed E-state index contributed by atoms with van der Waals surface area (Å²) in [6.45, 7) is 3.62. The second kappa shape index (κ2) is 7.14. The van der Waals surface area contributed by atoms with Crippen LogP contribution in [0.1, 0.15) is 18.2 Å². The number of hydrogen-bond acceptors (Lipinski definition) is 7. The van der Waals surface area contributed by atoms with E-state index in [4.69, 9.17) is 16.3 Å². The molecule has 2 rings (SSSR count). The number of nitrogens with zero attached hydrogens (tertiary/aromatic N) is 4. The van der Waals surface area contributed by atoms with Crippen LogP contribution in [-0.2, 0) is 6.54 Å². The standard InChI is InChI=1S/C13H13ClFN5O3/c1-3-23-13-18-7(2)10(20(21)22)12(19-13)17-6-8-4-9(15)11(14)16-5-8/h4-5H,3,6H2,1-2H3,(H,17,18,19). The molecule has 0 bridgehead atoms. The molecule has 0 aromatic carbocycles. The normalized spacial score (nSPS) is 10.4. The van der Waals surface area contributed by atoms with E-state index in [-0.39, 0.29) is 34.9 Å². The van der Waals surface area contributed by atoms with Gasteiger partial charge in [-0.15, -0.1) is 0 Å². The smallest absolute Gasteiger partial charge is 0.332 e. The molecule has 1 N–H and O–H groups in total. The molecule has 0 unspecified atom stereocenters. The predicted octanol–water partition coefficient (Wildman–Crippen LogP) is 2.89. The van der Waals surface area contributed by atoms with Crippen LogP contribution in [-0.4, -0.2) is 26.5 Å². The number of nitro groups is 1. The van der Waals surface area contributed by atoms with Crippen LogP contribution in [0.15, 0.2) is 12.3 Å². The monoisotopic (exact) mass is 341 g/mol. The van der Waals surface area contributed by atoms with Crippen LogP contribution in [0.5, 0.6) is 6.01 Å². The Morgan fingerprint density at radius 3 is 2.83 bits per heavy atom. The van der Waals surface area contributed by atoms with E-state index >= 15 is 0 Å². The molecule has 23 heavy (non-hydrogen) atoms. The molecular formula is C13H13ClFN5O3. The van der Waals surface area contributed by atoms with E-state index in [1.165, 1.54) is 19.2 Å². The van der Waals surface area contributed by atoms with Gasteiger partial charge in [0.25, 0.3) is 0 Å². The third-order valence-electron chi connectivity index (χ3n) is 2.81. The lowest BCUT2D eigenvalue weighted by Gasteiger charge is -2.09. The highest BCUT2D eigenvalue weighted by molar-refractivity contribution is 6.29. The molecule has 10 heteroatoms. The van der Waals surface area contributed by atoms with E-state index in [0.29, 0.717) is 12.2 Å². The van der Waals surface area contributed by atoms with Gasteiger partial charge in [-0.1, -0.05) is 11.6 Å². The van der Waals surface area contributed by atoms with Gasteiger partial charge in [0.1, 0.15) is 5.69 Å². The highest BCUT2D eigenvalue weighted by Gasteiger charge is 2.22. The van der Waals surface area contributed by atoms with Crippen molar-refractivity contribution in [3.63, 3.8) is 0 Å². The maximum Gasteiger partial charge on any atom is 0.332 e. The summed E-state index contributed by atoms with van der Waals surface area (Å²) in [4.78, 5) is 22.2. The zero-order valence-electron chi connectivity index (χ0n) is 12.3. The molecule has 0 radical (unpaired) electrons. The maximum absolute atomic E-state index is 13.4. The Labute approximate surface area is 135 Å². The van der Waals surface area contributed by atoms with Crippen molar-refractivity contribution in [3.8, 4) is 6.01 Å². The third-order valence-corrected chi connectivity index (χ3v) is 3.08. The van der Waals surface area contributed by atoms with Gasteiger partial charge in [-0.25, -0.2) is 9.37 Å². The average molecular weight is 342 g/mol. The summed E-state index contributed by atoms with van der Waals surface area (Å²) in [7, 11) is 0. The van der Waals surface area contributed by atoms with Crippen LogP contribution < -0.4 is 10.1 Å². The van der Waals surface area contributed by atoms with Crippen LogP contribution in [0.2, 0.25) is 5.15 Å². The predicted molar refractivity (Wildman–Crippen MR) is 81.1 cm³/mol. The number of rotatable bonds is 6. The quantitative estimate of drug-likeness (QED) is 0.489. The molecule has 0 saturated heterocycles. The maximum atomic E-state index is 13.4. The summed E-state index contributed by atoms with van der Waals surface area (Å²) in [5, 5.41) is 13.7. The number of aryl methyl sites for hydroxylation is 1. The van der Waals surface area contributed by atoms with Gasteiger partial charge >= 0.3 is 11.7 Å². The molecule has 2 heterocycles. The van der Waals surface area contributed by atoms with E-state index in [9.17, 15) is 14.5 Å². The Morgan fingerprint density at radius 2 is 2.22 bits per heavy atom. The summed E-state index contributed by atoms with van der Waals surface area (Å²) in [5.74, 6) is -0.685. The first-order chi connectivity index (χ1) is 10.9. The average Bonchev–Trinajstić information content (AvgIpc) is 2.48. The Hall–Kier alpha value is -2.55. The van der Waals surface area contributed by atoms with Crippen LogP contribution in [0, 0.1) is 22.9 Å². The molecule has 0 fully saturated rings. The molecule has 0 saturated carbocycles. The molecule has 0 atom stereocenters. The molecule has 0 aliphatic heterocycles. The number of aromatic nitrogens is 3. The van der Waals surface area contributed by atoms with E-state index in [0.717, 1.165) is 0 Å². The molecular weight excluding hydrogens is 329 g/mol. The van der Waals surface area contributed by atoms with Crippen molar-refractivity contribution >= 4 is 23.1 Å². The third kappa shape index (κ3) is 4.01. The molecule has 0 spiro atoms. The van der Waals surface area contributed by atoms with Gasteiger partial charge in [0.15, 0.2) is 11.0 Å². The van der Waals surface area contributed by atoms with Crippen LogP contribution >= 0.6 is 11.6 Å². The fraction of sp³-hybridized carbons (Fsp3) is 0.308. The highest BCUT2D eigenvalue weighted by atomic mass is 35.5. The molecule has 0 amide bonds. The zero-order valence-corrected chi connectivity index (χ0v) is 13.1. The second-order valence-electron chi connectivity index (χ2n) is 4.45. The lowest BCUT2D eigenvalue weighted by molar-refractivity contribution is -0.385. The Morgan fingerprint density at radius 1 is 1.48 bits per heavy atom. The number of hydrogen-bond donors (Lipinski definition) is 1. The van der Waals surface area contributed by atoms with E-state index in [1.54, 1.807) is 6.92 Å². The van der Waals surface area contributed by atoms with Gasteiger partial charge < -0.3 is 10.1 Å². The van der Waals surface area contributed by atoms with Gasteiger partial charge in [-0.2, -0.15) is 9.97 Å². The van der Waals surface area contributed by atoms with Gasteiger partial charge in [0.2, 0.25) is 5.82 Å². The van der Waals surface area contributed by atoms with Gasteiger partial charge in [0, 0.05) is 12.7 Å². The van der Waals surface area contributed by atoms with Crippen molar-refractivity contribution in [2.24, 2.45) is 0 Å². The van der Waals surface area contributed by atoms with Gasteiger partial charge in [0.05, 0.1) is 11.5 Å². The highest BCUT2D eigenvalue weighted by Crippen LogP contribution is 2.27. The van der Waals surface area contributed by atoms with E-state index < -0.39 is 10.7 Å². The van der Waals surface area contributed by atoms with Crippen molar-refractivity contribution in [3.05, 3.63) is 44.6 Å². The van der Waals surface area contributed by atoms with E-state index in [1.807, 2.05) is 0 Å². The topological polar surface area (TPSA) is 103 Å². The van der Waals surface area contributed by atoms with Crippen molar-refractivity contribution in [2.45, 2.75) is 20.4 Å². The van der Waals surface area contributed by atoms with Gasteiger partial charge in [-0.3, -0.25) is 10.1 Å². The Bertz CT molecular complexity index is 744. The Kier molecular flexibility index (Phi) is 5.22. The molecule has 2 aromatic rings. The first kappa shape index (κ1) is 16.8. The summed E-state index contributed by atoms with van der Waals surface area (Å²) < 4.78 is 18.5. The minimum atomic E-state index is -0.672. The zero-order chi connectivity index (χ0) is 17.0. The summed E-state index contributed by atoms with van der Waals surface area (Å²) in [6.07, 6.45) is 1.36. The largest absolute Gasteiger partial charge is 0.464 e. The molecule has 0 aliphatic rings. The number of nitrogens with one attached hydrogen (secondary N) is 1. The van der Waals surface area contributed by atoms with Crippen molar-refractivity contribution in [1.29, 1.82) is 0 Å². The molecule has 8 nitrogen and oxygen atoms in total. The van der Waals surface area contributed by atoms with Crippen molar-refractivity contribution in [2.75, 3.05) is 11.9 Å². The number of pyridine rings is 1. The lowest BCUT2D eigenvalue weighted by atomic mass is 10.2. The summed E-state index contributed by atoms with van der Waals surface area (Å²) in [6, 6.07) is 1.21. The van der Waals surface area contributed by atoms with Crippen LogP contribution in [0.3, 0.4) is 0 Å². The van der Waals surface area contributed by atoms with E-state index in [2.05, 4.69) is 20.3 Å². The Balaban J connectivity index is 2.29. The van der Waals surface area contributed by atoms with Crippen molar-refractivity contribution in [1.82, 2.24) is 15.0 Å². The first-order valence-corrected chi connectivity index (χ1v) is 6.99. The SMILES string of the molecule is CCOc1nc(C)c([N+](=O)[O-])c(NCc2cnc(Cl)c(F)c2)n1. The summed E-state index contributed by atoms with van der Waals surface area (Å²) >= 11 is 5.51. The number of ether oxygens (including phenoxy) is 1. The molecule has 2 aromatic heterocycles. The number of halogens is 2. The minimum Gasteiger partial charge on any atom is -0.464 e. The van der Waals surface area contributed by atoms with Crippen LogP contribution in [0.4, 0.5) is 15.9 Å². The number of anilines is 1. The molecule has 0 aliphatic carbocycles. The fourth-order valence-corrected chi connectivity index (χ4v) is 1.92.